The highest BCUT2D eigenvalue weighted by Crippen LogP contribution is 2.26. The van der Waals surface area contributed by atoms with Gasteiger partial charge in [-0.15, -0.1) is 0 Å². The van der Waals surface area contributed by atoms with Crippen molar-refractivity contribution in [3.05, 3.63) is 59.2 Å². The van der Waals surface area contributed by atoms with Crippen LogP contribution in [0.15, 0.2) is 47.4 Å². The molecule has 1 aliphatic heterocycles. The van der Waals surface area contributed by atoms with Crippen molar-refractivity contribution in [2.75, 3.05) is 11.9 Å². The summed E-state index contributed by atoms with van der Waals surface area (Å²) >= 11 is 0. The molecule has 0 radical (unpaired) electrons. The molecule has 0 spiro atoms. The number of hydrogen-bond donors (Lipinski definition) is 1. The molecule has 6 heteroatoms. The van der Waals surface area contributed by atoms with Gasteiger partial charge in [-0.1, -0.05) is 30.2 Å². The molecule has 5 nitrogen and oxygen atoms in total. The van der Waals surface area contributed by atoms with Crippen LogP contribution in [0.3, 0.4) is 0 Å². The highest BCUT2D eigenvalue weighted by atomic mass is 32.2. The van der Waals surface area contributed by atoms with Gasteiger partial charge in [-0.05, 0) is 63.4 Å². The van der Waals surface area contributed by atoms with Crippen LogP contribution in [0.4, 0.5) is 5.69 Å². The second-order valence-corrected chi connectivity index (χ2v) is 9.15. The molecule has 1 unspecified atom stereocenters. The zero-order valence-electron chi connectivity index (χ0n) is 16.0. The Morgan fingerprint density at radius 2 is 1.89 bits per heavy atom. The minimum absolute atomic E-state index is 0.0172. The van der Waals surface area contributed by atoms with Crippen molar-refractivity contribution in [3.63, 3.8) is 0 Å². The van der Waals surface area contributed by atoms with Crippen LogP contribution in [0, 0.1) is 13.8 Å². The zero-order valence-corrected chi connectivity index (χ0v) is 16.8. The van der Waals surface area contributed by atoms with Crippen LogP contribution in [0.2, 0.25) is 0 Å². The van der Waals surface area contributed by atoms with E-state index in [0.29, 0.717) is 12.1 Å². The van der Waals surface area contributed by atoms with E-state index >= 15 is 0 Å². The third-order valence-corrected chi connectivity index (χ3v) is 7.08. The Morgan fingerprint density at radius 3 is 2.59 bits per heavy atom. The average Bonchev–Trinajstić information content (AvgIpc) is 2.64. The van der Waals surface area contributed by atoms with Crippen molar-refractivity contribution in [1.29, 1.82) is 0 Å². The molecule has 1 atom stereocenters. The normalized spacial score (nSPS) is 18.3. The summed E-state index contributed by atoms with van der Waals surface area (Å²) in [6, 6.07) is 12.1. The van der Waals surface area contributed by atoms with E-state index in [1.165, 1.54) is 6.07 Å². The first kappa shape index (κ1) is 19.6. The van der Waals surface area contributed by atoms with Crippen LogP contribution >= 0.6 is 0 Å². The molecule has 1 N–H and O–H groups in total. The summed E-state index contributed by atoms with van der Waals surface area (Å²) in [5.74, 6) is -0.314. The lowest BCUT2D eigenvalue weighted by Crippen LogP contribution is -2.41. The number of rotatable bonds is 4. The average molecular weight is 387 g/mol. The van der Waals surface area contributed by atoms with E-state index in [9.17, 15) is 13.2 Å². The molecule has 1 fully saturated rings. The van der Waals surface area contributed by atoms with E-state index in [1.807, 2.05) is 39.0 Å². The van der Waals surface area contributed by atoms with Crippen LogP contribution in [0.25, 0.3) is 0 Å². The third kappa shape index (κ3) is 4.22. The highest BCUT2D eigenvalue weighted by Gasteiger charge is 2.31. The Bertz CT molecular complexity index is 954. The number of nitrogens with zero attached hydrogens (tertiary/aromatic N) is 1. The maximum atomic E-state index is 13.0. The molecule has 144 valence electrons. The van der Waals surface area contributed by atoms with Crippen molar-refractivity contribution >= 4 is 21.6 Å². The van der Waals surface area contributed by atoms with E-state index in [-0.39, 0.29) is 16.8 Å². The number of hydrogen-bond acceptors (Lipinski definition) is 3. The van der Waals surface area contributed by atoms with Crippen LogP contribution in [0.5, 0.6) is 0 Å². The van der Waals surface area contributed by atoms with Crippen LogP contribution < -0.4 is 5.32 Å². The summed E-state index contributed by atoms with van der Waals surface area (Å²) in [6.07, 6.45) is 2.79. The number of nitrogens with one attached hydrogen (secondary N) is 1. The van der Waals surface area contributed by atoms with Gasteiger partial charge in [0.25, 0.3) is 5.91 Å². The second kappa shape index (κ2) is 7.82. The lowest BCUT2D eigenvalue weighted by molar-refractivity contribution is 0.102. The Hall–Kier alpha value is -2.18. The molecule has 1 saturated heterocycles. The predicted molar refractivity (Wildman–Crippen MR) is 108 cm³/mol. The number of piperidine rings is 1. The van der Waals surface area contributed by atoms with Gasteiger partial charge >= 0.3 is 0 Å². The van der Waals surface area contributed by atoms with E-state index in [4.69, 9.17) is 0 Å². The van der Waals surface area contributed by atoms with Gasteiger partial charge in [-0.3, -0.25) is 4.79 Å². The van der Waals surface area contributed by atoms with Crippen molar-refractivity contribution in [1.82, 2.24) is 4.31 Å². The van der Waals surface area contributed by atoms with Gasteiger partial charge in [-0.25, -0.2) is 8.42 Å². The topological polar surface area (TPSA) is 66.5 Å². The van der Waals surface area contributed by atoms with Gasteiger partial charge in [0.15, 0.2) is 0 Å². The molecular formula is C21H26N2O3S. The third-order valence-electron chi connectivity index (χ3n) is 5.07. The molecule has 2 aromatic carbocycles. The molecule has 0 bridgehead atoms. The van der Waals surface area contributed by atoms with Gasteiger partial charge in [0.05, 0.1) is 4.90 Å². The molecular weight excluding hydrogens is 360 g/mol. The summed E-state index contributed by atoms with van der Waals surface area (Å²) < 4.78 is 27.6. The van der Waals surface area contributed by atoms with Gasteiger partial charge in [-0.2, -0.15) is 4.31 Å². The first-order valence-electron chi connectivity index (χ1n) is 9.29. The monoisotopic (exact) mass is 386 g/mol. The summed E-state index contributed by atoms with van der Waals surface area (Å²) in [4.78, 5) is 12.8. The minimum atomic E-state index is -3.60. The Morgan fingerprint density at radius 1 is 1.11 bits per heavy atom. The van der Waals surface area contributed by atoms with Crippen molar-refractivity contribution in [2.24, 2.45) is 0 Å². The van der Waals surface area contributed by atoms with Crippen LogP contribution in [-0.4, -0.2) is 31.2 Å². The molecule has 3 rings (SSSR count). The molecule has 0 aliphatic carbocycles. The maximum Gasteiger partial charge on any atom is 0.255 e. The summed E-state index contributed by atoms with van der Waals surface area (Å²) in [5.41, 5.74) is 3.15. The smallest absolute Gasteiger partial charge is 0.255 e. The molecule has 27 heavy (non-hydrogen) atoms. The minimum Gasteiger partial charge on any atom is -0.322 e. The summed E-state index contributed by atoms with van der Waals surface area (Å²) in [6.45, 7) is 6.39. The molecule has 0 aromatic heterocycles. The van der Waals surface area contributed by atoms with Crippen molar-refractivity contribution in [2.45, 2.75) is 51.0 Å². The predicted octanol–water partition coefficient (Wildman–Crippen LogP) is 4.12. The highest BCUT2D eigenvalue weighted by molar-refractivity contribution is 7.89. The standard InChI is InChI=1S/C21H26N2O3S/c1-15-10-11-20(16(2)13-15)22-21(24)18-8-6-9-19(14-18)27(25,26)23-12-5-4-7-17(23)3/h6,8-11,13-14,17H,4-5,7,12H2,1-3H3,(H,22,24). The van der Waals surface area contributed by atoms with E-state index < -0.39 is 10.0 Å². The number of amides is 1. The van der Waals surface area contributed by atoms with Gasteiger partial charge < -0.3 is 5.32 Å². The Balaban J connectivity index is 1.85. The summed E-state index contributed by atoms with van der Waals surface area (Å²) in [7, 11) is -3.60. The molecule has 1 aliphatic rings. The number of benzene rings is 2. The number of anilines is 1. The lowest BCUT2D eigenvalue weighted by atomic mass is 10.1. The van der Waals surface area contributed by atoms with Crippen LogP contribution in [-0.2, 0) is 10.0 Å². The largest absolute Gasteiger partial charge is 0.322 e. The SMILES string of the molecule is Cc1ccc(NC(=O)c2cccc(S(=O)(=O)N3CCCCC3C)c2)c(C)c1. The zero-order chi connectivity index (χ0) is 19.6. The van der Waals surface area contributed by atoms with E-state index in [0.717, 1.165) is 36.1 Å². The first-order chi connectivity index (χ1) is 12.8. The van der Waals surface area contributed by atoms with E-state index in [2.05, 4.69) is 5.32 Å². The first-order valence-corrected chi connectivity index (χ1v) is 10.7. The quantitative estimate of drug-likeness (QED) is 0.859. The van der Waals surface area contributed by atoms with Crippen molar-refractivity contribution < 1.29 is 13.2 Å². The number of carbonyl (C=O) groups is 1. The Labute approximate surface area is 161 Å². The van der Waals surface area contributed by atoms with Gasteiger partial charge in [0.2, 0.25) is 10.0 Å². The van der Waals surface area contributed by atoms with Gasteiger partial charge in [0, 0.05) is 23.8 Å². The maximum absolute atomic E-state index is 13.0. The lowest BCUT2D eigenvalue weighted by Gasteiger charge is -2.32. The fourth-order valence-corrected chi connectivity index (χ4v) is 5.26. The van der Waals surface area contributed by atoms with E-state index in [1.54, 1.807) is 22.5 Å². The number of sulfonamides is 1. The molecule has 1 heterocycles. The summed E-state index contributed by atoms with van der Waals surface area (Å²) in [5, 5.41) is 2.87. The number of carbonyl (C=O) groups excluding carboxylic acids is 1. The van der Waals surface area contributed by atoms with Crippen LogP contribution in [0.1, 0.15) is 47.7 Å². The fraction of sp³-hybridized carbons (Fsp3) is 0.381. The fourth-order valence-electron chi connectivity index (χ4n) is 3.51. The van der Waals surface area contributed by atoms with Crippen molar-refractivity contribution in [3.8, 4) is 0 Å². The molecule has 0 saturated carbocycles. The Kier molecular flexibility index (Phi) is 5.67. The molecule has 2 aromatic rings. The molecule has 1 amide bonds. The second-order valence-electron chi connectivity index (χ2n) is 7.26. The number of aryl methyl sites for hydroxylation is 2. The van der Waals surface area contributed by atoms with Gasteiger partial charge in [0.1, 0.15) is 0 Å².